The summed E-state index contributed by atoms with van der Waals surface area (Å²) in [5.74, 6) is 2.83. The third-order valence-corrected chi connectivity index (χ3v) is 2.82. The predicted molar refractivity (Wildman–Crippen MR) is 72.4 cm³/mol. The third-order valence-electron chi connectivity index (χ3n) is 2.82. The topological polar surface area (TPSA) is 70.5 Å². The summed E-state index contributed by atoms with van der Waals surface area (Å²) in [4.78, 5) is 4.24. The molecule has 0 bridgehead atoms. The van der Waals surface area contributed by atoms with Gasteiger partial charge in [0.25, 0.3) is 0 Å². The summed E-state index contributed by atoms with van der Waals surface area (Å²) in [6.07, 6.45) is 3.29. The van der Waals surface area contributed by atoms with Gasteiger partial charge in [-0.25, -0.2) is 4.98 Å². The Morgan fingerprint density at radius 1 is 1.26 bits per heavy atom. The fraction of sp³-hybridized carbons (Fsp3) is 0.357. The molecule has 0 saturated carbocycles. The Balaban J connectivity index is 2.31. The summed E-state index contributed by atoms with van der Waals surface area (Å²) in [5, 5.41) is 0. The number of hydrogen-bond acceptors (Lipinski definition) is 5. The zero-order valence-electron chi connectivity index (χ0n) is 11.2. The lowest BCUT2D eigenvalue weighted by Gasteiger charge is -2.07. The number of benzene rings is 1. The number of rotatable bonds is 6. The molecule has 2 rings (SSSR count). The quantitative estimate of drug-likeness (QED) is 0.864. The SMILES string of the molecule is COc1ccc(OC)c(-c2cnc(CCCN)o2)c1. The Morgan fingerprint density at radius 2 is 2.11 bits per heavy atom. The third kappa shape index (κ3) is 3.06. The molecule has 2 aromatic rings. The maximum absolute atomic E-state index is 5.71. The van der Waals surface area contributed by atoms with Crippen molar-refractivity contribution in [3.63, 3.8) is 0 Å². The molecule has 0 spiro atoms. The van der Waals surface area contributed by atoms with Crippen LogP contribution < -0.4 is 15.2 Å². The van der Waals surface area contributed by atoms with Gasteiger partial charge >= 0.3 is 0 Å². The van der Waals surface area contributed by atoms with Crippen LogP contribution in [0, 0.1) is 0 Å². The molecule has 0 aliphatic heterocycles. The van der Waals surface area contributed by atoms with Crippen molar-refractivity contribution in [2.24, 2.45) is 5.73 Å². The van der Waals surface area contributed by atoms with Crippen LogP contribution in [0.15, 0.2) is 28.8 Å². The molecule has 0 amide bonds. The number of ether oxygens (including phenoxy) is 2. The molecular weight excluding hydrogens is 244 g/mol. The fourth-order valence-corrected chi connectivity index (χ4v) is 1.81. The summed E-state index contributed by atoms with van der Waals surface area (Å²) in [5.41, 5.74) is 6.30. The molecule has 0 unspecified atom stereocenters. The summed E-state index contributed by atoms with van der Waals surface area (Å²) >= 11 is 0. The van der Waals surface area contributed by atoms with E-state index in [2.05, 4.69) is 4.98 Å². The van der Waals surface area contributed by atoms with Crippen LogP contribution in [0.3, 0.4) is 0 Å². The molecule has 102 valence electrons. The van der Waals surface area contributed by atoms with Gasteiger partial charge in [-0.1, -0.05) is 0 Å². The van der Waals surface area contributed by atoms with E-state index in [4.69, 9.17) is 19.6 Å². The van der Waals surface area contributed by atoms with E-state index in [1.54, 1.807) is 20.4 Å². The van der Waals surface area contributed by atoms with Crippen LogP contribution in [0.2, 0.25) is 0 Å². The molecule has 5 heteroatoms. The van der Waals surface area contributed by atoms with Crippen molar-refractivity contribution < 1.29 is 13.9 Å². The second-order valence-electron chi connectivity index (χ2n) is 4.08. The van der Waals surface area contributed by atoms with E-state index in [0.29, 0.717) is 18.2 Å². The van der Waals surface area contributed by atoms with Crippen molar-refractivity contribution in [2.45, 2.75) is 12.8 Å². The zero-order chi connectivity index (χ0) is 13.7. The summed E-state index contributed by atoms with van der Waals surface area (Å²) in [6, 6.07) is 5.55. The summed E-state index contributed by atoms with van der Waals surface area (Å²) in [7, 11) is 3.25. The molecule has 5 nitrogen and oxygen atoms in total. The first-order valence-electron chi connectivity index (χ1n) is 6.15. The Bertz CT molecular complexity index is 537. The van der Waals surface area contributed by atoms with E-state index in [1.165, 1.54) is 0 Å². The van der Waals surface area contributed by atoms with E-state index < -0.39 is 0 Å². The Kier molecular flexibility index (Phi) is 4.41. The van der Waals surface area contributed by atoms with Crippen molar-refractivity contribution in [1.29, 1.82) is 0 Å². The number of methoxy groups -OCH3 is 2. The van der Waals surface area contributed by atoms with Gasteiger partial charge in [0.2, 0.25) is 0 Å². The van der Waals surface area contributed by atoms with E-state index in [1.807, 2.05) is 18.2 Å². The predicted octanol–water partition coefficient (Wildman–Crippen LogP) is 2.25. The number of nitrogens with two attached hydrogens (primary N) is 1. The molecule has 0 aliphatic carbocycles. The molecule has 1 aromatic heterocycles. The second kappa shape index (κ2) is 6.24. The highest BCUT2D eigenvalue weighted by Crippen LogP contribution is 2.33. The number of nitrogens with zero attached hydrogens (tertiary/aromatic N) is 1. The monoisotopic (exact) mass is 262 g/mol. The molecule has 0 radical (unpaired) electrons. The maximum atomic E-state index is 5.71. The maximum Gasteiger partial charge on any atom is 0.194 e. The van der Waals surface area contributed by atoms with Crippen LogP contribution in [0.25, 0.3) is 11.3 Å². The van der Waals surface area contributed by atoms with Gasteiger partial charge in [-0.2, -0.15) is 0 Å². The van der Waals surface area contributed by atoms with Gasteiger partial charge in [0, 0.05) is 6.42 Å². The number of oxazole rings is 1. The van der Waals surface area contributed by atoms with Crippen LogP contribution in [0.1, 0.15) is 12.3 Å². The van der Waals surface area contributed by atoms with E-state index in [0.717, 1.165) is 29.9 Å². The van der Waals surface area contributed by atoms with Crippen molar-refractivity contribution in [3.8, 4) is 22.8 Å². The van der Waals surface area contributed by atoms with Gasteiger partial charge < -0.3 is 19.6 Å². The van der Waals surface area contributed by atoms with E-state index >= 15 is 0 Å². The van der Waals surface area contributed by atoms with Crippen molar-refractivity contribution in [3.05, 3.63) is 30.3 Å². The lowest BCUT2D eigenvalue weighted by atomic mass is 10.1. The average Bonchev–Trinajstić information content (AvgIpc) is 2.93. The normalized spacial score (nSPS) is 10.5. The standard InChI is InChI=1S/C14H18N2O3/c1-17-10-5-6-12(18-2)11(8-10)13-9-16-14(19-13)4-3-7-15/h5-6,8-9H,3-4,7,15H2,1-2H3. The first kappa shape index (κ1) is 13.4. The zero-order valence-corrected chi connectivity index (χ0v) is 11.2. The van der Waals surface area contributed by atoms with E-state index in [9.17, 15) is 0 Å². The highest BCUT2D eigenvalue weighted by Gasteiger charge is 2.12. The molecule has 1 aromatic carbocycles. The molecule has 2 N–H and O–H groups in total. The van der Waals surface area contributed by atoms with Crippen LogP contribution in [0.5, 0.6) is 11.5 Å². The molecule has 1 heterocycles. The molecule has 0 aliphatic rings. The Morgan fingerprint density at radius 3 is 2.79 bits per heavy atom. The van der Waals surface area contributed by atoms with Gasteiger partial charge in [0.1, 0.15) is 11.5 Å². The first-order chi connectivity index (χ1) is 9.28. The minimum absolute atomic E-state index is 0.625. The van der Waals surface area contributed by atoms with Gasteiger partial charge in [0.15, 0.2) is 11.7 Å². The van der Waals surface area contributed by atoms with Crippen LogP contribution in [-0.4, -0.2) is 25.7 Å². The summed E-state index contributed by atoms with van der Waals surface area (Å²) < 4.78 is 16.3. The van der Waals surface area contributed by atoms with Gasteiger partial charge in [-0.15, -0.1) is 0 Å². The van der Waals surface area contributed by atoms with Crippen molar-refractivity contribution in [1.82, 2.24) is 4.98 Å². The van der Waals surface area contributed by atoms with Crippen molar-refractivity contribution >= 4 is 0 Å². The highest BCUT2D eigenvalue weighted by molar-refractivity contribution is 5.67. The smallest absolute Gasteiger partial charge is 0.194 e. The van der Waals surface area contributed by atoms with Gasteiger partial charge in [-0.3, -0.25) is 0 Å². The van der Waals surface area contributed by atoms with Crippen molar-refractivity contribution in [2.75, 3.05) is 20.8 Å². The average molecular weight is 262 g/mol. The molecular formula is C14H18N2O3. The molecule has 0 fully saturated rings. The minimum atomic E-state index is 0.625. The lowest BCUT2D eigenvalue weighted by Crippen LogP contribution is -2.00. The first-order valence-corrected chi connectivity index (χ1v) is 6.15. The molecule has 0 atom stereocenters. The van der Waals surface area contributed by atoms with Crippen LogP contribution >= 0.6 is 0 Å². The van der Waals surface area contributed by atoms with Crippen LogP contribution in [0.4, 0.5) is 0 Å². The molecule has 0 saturated heterocycles. The van der Waals surface area contributed by atoms with Crippen LogP contribution in [-0.2, 0) is 6.42 Å². The summed E-state index contributed by atoms with van der Waals surface area (Å²) in [6.45, 7) is 0.625. The molecule has 19 heavy (non-hydrogen) atoms. The van der Waals surface area contributed by atoms with Gasteiger partial charge in [-0.05, 0) is 31.2 Å². The Labute approximate surface area is 112 Å². The Hall–Kier alpha value is -2.01. The fourth-order valence-electron chi connectivity index (χ4n) is 1.81. The van der Waals surface area contributed by atoms with E-state index in [-0.39, 0.29) is 0 Å². The second-order valence-corrected chi connectivity index (χ2v) is 4.08. The highest BCUT2D eigenvalue weighted by atomic mass is 16.5. The number of aromatic nitrogens is 1. The lowest BCUT2D eigenvalue weighted by molar-refractivity contribution is 0.402. The number of aryl methyl sites for hydroxylation is 1. The minimum Gasteiger partial charge on any atom is -0.497 e. The van der Waals surface area contributed by atoms with Gasteiger partial charge in [0.05, 0.1) is 26.0 Å². The number of hydrogen-bond donors (Lipinski definition) is 1. The largest absolute Gasteiger partial charge is 0.497 e.